The second kappa shape index (κ2) is 9.15. The molecule has 0 spiro atoms. The van der Waals surface area contributed by atoms with Gasteiger partial charge < -0.3 is 19.5 Å². The molecule has 0 radical (unpaired) electrons. The molecule has 144 valence electrons. The van der Waals surface area contributed by atoms with E-state index in [2.05, 4.69) is 5.32 Å². The standard InChI is InChI=1S/C22H20ClNO4/c1-3-27-19-13-8-15(23)14-18(19)22(25)24-16-9-11-17(12-10-16)28-21-7-5-4-6-20(21)26-2/h4-14H,3H2,1-2H3,(H,24,25). The summed E-state index contributed by atoms with van der Waals surface area (Å²) in [6, 6.07) is 19.4. The molecule has 3 aromatic carbocycles. The molecule has 1 amide bonds. The van der Waals surface area contributed by atoms with Gasteiger partial charge >= 0.3 is 0 Å². The van der Waals surface area contributed by atoms with Crippen molar-refractivity contribution in [1.29, 1.82) is 0 Å². The van der Waals surface area contributed by atoms with Crippen molar-refractivity contribution in [3.63, 3.8) is 0 Å². The van der Waals surface area contributed by atoms with E-state index in [1.807, 2.05) is 31.2 Å². The number of halogens is 1. The number of ether oxygens (including phenoxy) is 3. The number of hydrogen-bond acceptors (Lipinski definition) is 4. The van der Waals surface area contributed by atoms with Crippen LogP contribution in [0.3, 0.4) is 0 Å². The first-order valence-corrected chi connectivity index (χ1v) is 9.13. The number of anilines is 1. The number of nitrogens with one attached hydrogen (secondary N) is 1. The molecule has 0 bridgehead atoms. The molecular weight excluding hydrogens is 378 g/mol. The minimum atomic E-state index is -0.302. The molecule has 0 unspecified atom stereocenters. The van der Waals surface area contributed by atoms with Crippen molar-refractivity contribution in [2.75, 3.05) is 19.0 Å². The number of hydrogen-bond donors (Lipinski definition) is 1. The van der Waals surface area contributed by atoms with E-state index < -0.39 is 0 Å². The van der Waals surface area contributed by atoms with E-state index in [4.69, 9.17) is 25.8 Å². The zero-order valence-corrected chi connectivity index (χ0v) is 16.3. The summed E-state index contributed by atoms with van der Waals surface area (Å²) in [5, 5.41) is 3.31. The van der Waals surface area contributed by atoms with E-state index >= 15 is 0 Å². The third-order valence-electron chi connectivity index (χ3n) is 3.90. The molecule has 0 saturated carbocycles. The van der Waals surface area contributed by atoms with Crippen LogP contribution < -0.4 is 19.5 Å². The van der Waals surface area contributed by atoms with E-state index in [1.54, 1.807) is 49.6 Å². The summed E-state index contributed by atoms with van der Waals surface area (Å²) < 4.78 is 16.6. The van der Waals surface area contributed by atoms with Crippen molar-refractivity contribution in [3.05, 3.63) is 77.3 Å². The predicted octanol–water partition coefficient (Wildman–Crippen LogP) is 5.79. The Hall–Kier alpha value is -3.18. The zero-order valence-electron chi connectivity index (χ0n) is 15.6. The second-order valence-corrected chi connectivity index (χ2v) is 6.24. The second-order valence-electron chi connectivity index (χ2n) is 5.80. The van der Waals surface area contributed by atoms with Crippen LogP contribution in [0.25, 0.3) is 0 Å². The molecule has 5 nitrogen and oxygen atoms in total. The number of carbonyl (C=O) groups excluding carboxylic acids is 1. The van der Waals surface area contributed by atoms with Gasteiger partial charge in [-0.25, -0.2) is 0 Å². The molecular formula is C22H20ClNO4. The van der Waals surface area contributed by atoms with Gasteiger partial charge in [0.05, 0.1) is 19.3 Å². The Morgan fingerprint density at radius 2 is 1.68 bits per heavy atom. The molecule has 0 fully saturated rings. The number of amides is 1. The maximum atomic E-state index is 12.6. The zero-order chi connectivity index (χ0) is 19.9. The summed E-state index contributed by atoms with van der Waals surface area (Å²) in [6.45, 7) is 2.31. The van der Waals surface area contributed by atoms with Crippen LogP contribution in [0.2, 0.25) is 5.02 Å². The lowest BCUT2D eigenvalue weighted by Gasteiger charge is -2.12. The Labute approximate surface area is 168 Å². The largest absolute Gasteiger partial charge is 0.493 e. The first-order chi connectivity index (χ1) is 13.6. The first-order valence-electron chi connectivity index (χ1n) is 8.75. The Bertz CT molecular complexity index is 957. The van der Waals surface area contributed by atoms with Gasteiger partial charge in [0, 0.05) is 10.7 Å². The van der Waals surface area contributed by atoms with Gasteiger partial charge in [-0.1, -0.05) is 23.7 Å². The summed E-state index contributed by atoms with van der Waals surface area (Å²) in [4.78, 5) is 12.6. The SMILES string of the molecule is CCOc1ccc(Cl)cc1C(=O)Nc1ccc(Oc2ccccc2OC)cc1. The molecule has 0 atom stereocenters. The van der Waals surface area contributed by atoms with Crippen molar-refractivity contribution < 1.29 is 19.0 Å². The highest BCUT2D eigenvalue weighted by Gasteiger charge is 2.14. The molecule has 3 aromatic rings. The van der Waals surface area contributed by atoms with Gasteiger partial charge in [0.2, 0.25) is 0 Å². The lowest BCUT2D eigenvalue weighted by atomic mass is 10.1. The quantitative estimate of drug-likeness (QED) is 0.548. The fourth-order valence-electron chi connectivity index (χ4n) is 2.60. The Morgan fingerprint density at radius 1 is 0.964 bits per heavy atom. The summed E-state index contributed by atoms with van der Waals surface area (Å²) in [5.74, 6) is 2.07. The molecule has 0 aliphatic rings. The maximum absolute atomic E-state index is 12.6. The highest BCUT2D eigenvalue weighted by atomic mass is 35.5. The third-order valence-corrected chi connectivity index (χ3v) is 4.13. The molecule has 3 rings (SSSR count). The Morgan fingerprint density at radius 3 is 2.36 bits per heavy atom. The minimum Gasteiger partial charge on any atom is -0.493 e. The lowest BCUT2D eigenvalue weighted by molar-refractivity contribution is 0.102. The van der Waals surface area contributed by atoms with Gasteiger partial charge in [-0.05, 0) is 61.5 Å². The third kappa shape index (κ3) is 4.75. The molecule has 0 heterocycles. The van der Waals surface area contributed by atoms with E-state index in [9.17, 15) is 4.79 Å². The van der Waals surface area contributed by atoms with Crippen LogP contribution in [0.15, 0.2) is 66.7 Å². The molecule has 28 heavy (non-hydrogen) atoms. The summed E-state index contributed by atoms with van der Waals surface area (Å²) in [5.41, 5.74) is 1.00. The van der Waals surface area contributed by atoms with Crippen LogP contribution in [0.5, 0.6) is 23.0 Å². The Kier molecular flexibility index (Phi) is 6.40. The summed E-state index contributed by atoms with van der Waals surface area (Å²) >= 11 is 6.02. The van der Waals surface area contributed by atoms with Crippen molar-refractivity contribution in [1.82, 2.24) is 0 Å². The highest BCUT2D eigenvalue weighted by molar-refractivity contribution is 6.31. The Balaban J connectivity index is 1.72. The van der Waals surface area contributed by atoms with Crippen molar-refractivity contribution in [2.24, 2.45) is 0 Å². The van der Waals surface area contributed by atoms with Crippen molar-refractivity contribution in [3.8, 4) is 23.0 Å². The molecule has 0 aromatic heterocycles. The fourth-order valence-corrected chi connectivity index (χ4v) is 2.77. The molecule has 0 aliphatic heterocycles. The molecule has 6 heteroatoms. The van der Waals surface area contributed by atoms with Crippen molar-refractivity contribution >= 4 is 23.2 Å². The fraction of sp³-hybridized carbons (Fsp3) is 0.136. The molecule has 1 N–H and O–H groups in total. The first kappa shape index (κ1) is 19.6. The number of para-hydroxylation sites is 2. The van der Waals surface area contributed by atoms with Crippen LogP contribution in [-0.4, -0.2) is 19.6 Å². The van der Waals surface area contributed by atoms with Gasteiger partial charge in [-0.2, -0.15) is 0 Å². The topological polar surface area (TPSA) is 56.8 Å². The van der Waals surface area contributed by atoms with Crippen LogP contribution in [-0.2, 0) is 0 Å². The number of carbonyl (C=O) groups is 1. The van der Waals surface area contributed by atoms with E-state index in [-0.39, 0.29) is 5.91 Å². The monoisotopic (exact) mass is 397 g/mol. The lowest BCUT2D eigenvalue weighted by Crippen LogP contribution is -2.13. The smallest absolute Gasteiger partial charge is 0.259 e. The van der Waals surface area contributed by atoms with E-state index in [1.165, 1.54) is 0 Å². The highest BCUT2D eigenvalue weighted by Crippen LogP contribution is 2.31. The maximum Gasteiger partial charge on any atom is 0.259 e. The minimum absolute atomic E-state index is 0.302. The average Bonchev–Trinajstić information content (AvgIpc) is 2.71. The van der Waals surface area contributed by atoms with E-state index in [0.29, 0.717) is 45.9 Å². The van der Waals surface area contributed by atoms with Crippen LogP contribution >= 0.6 is 11.6 Å². The number of methoxy groups -OCH3 is 1. The summed E-state index contributed by atoms with van der Waals surface area (Å²) in [6.07, 6.45) is 0. The average molecular weight is 398 g/mol. The van der Waals surface area contributed by atoms with Crippen LogP contribution in [0, 0.1) is 0 Å². The van der Waals surface area contributed by atoms with Gasteiger partial charge in [0.1, 0.15) is 11.5 Å². The number of benzene rings is 3. The predicted molar refractivity (Wildman–Crippen MR) is 110 cm³/mol. The number of rotatable bonds is 7. The van der Waals surface area contributed by atoms with Gasteiger partial charge in [-0.15, -0.1) is 0 Å². The molecule has 0 saturated heterocycles. The summed E-state index contributed by atoms with van der Waals surface area (Å²) in [7, 11) is 1.59. The van der Waals surface area contributed by atoms with Gasteiger partial charge in [0.15, 0.2) is 11.5 Å². The van der Waals surface area contributed by atoms with Crippen LogP contribution in [0.4, 0.5) is 5.69 Å². The normalized spacial score (nSPS) is 10.2. The molecule has 0 aliphatic carbocycles. The van der Waals surface area contributed by atoms with Crippen LogP contribution in [0.1, 0.15) is 17.3 Å². The van der Waals surface area contributed by atoms with E-state index in [0.717, 1.165) is 0 Å². The van der Waals surface area contributed by atoms with Gasteiger partial charge in [0.25, 0.3) is 5.91 Å². The van der Waals surface area contributed by atoms with Gasteiger partial charge in [-0.3, -0.25) is 4.79 Å². The van der Waals surface area contributed by atoms with Crippen molar-refractivity contribution in [2.45, 2.75) is 6.92 Å².